The molecule has 132 valence electrons. The molecule has 0 spiro atoms. The highest BCUT2D eigenvalue weighted by Gasteiger charge is 2.30. The van der Waals surface area contributed by atoms with Gasteiger partial charge in [0.15, 0.2) is 5.16 Å². The van der Waals surface area contributed by atoms with Gasteiger partial charge in [-0.3, -0.25) is 9.59 Å². The number of carbonyl (C=O) groups excluding carboxylic acids is 2. The minimum atomic E-state index is 0.00590. The smallest absolute Gasteiger partial charge is 0.230 e. The number of aromatic nitrogens is 3. The van der Waals surface area contributed by atoms with Crippen molar-refractivity contribution in [2.24, 2.45) is 0 Å². The SMILES string of the molecule is CCn1c(SCC(=O)NCCCN2CCCC2=O)nnc1C1CC1. The first-order valence-corrected chi connectivity index (χ1v) is 9.78. The molecule has 0 unspecified atom stereocenters. The van der Waals surface area contributed by atoms with Gasteiger partial charge in [0, 0.05) is 38.5 Å². The van der Waals surface area contributed by atoms with E-state index in [-0.39, 0.29) is 11.8 Å². The van der Waals surface area contributed by atoms with Crippen molar-refractivity contribution in [2.75, 3.05) is 25.4 Å². The molecule has 2 heterocycles. The quantitative estimate of drug-likeness (QED) is 0.537. The Morgan fingerprint density at radius 2 is 2.21 bits per heavy atom. The zero-order chi connectivity index (χ0) is 16.9. The molecule has 3 rings (SSSR count). The predicted molar refractivity (Wildman–Crippen MR) is 91.8 cm³/mol. The van der Waals surface area contributed by atoms with Gasteiger partial charge in [0.2, 0.25) is 11.8 Å². The number of nitrogens with zero attached hydrogens (tertiary/aromatic N) is 4. The van der Waals surface area contributed by atoms with Crippen LogP contribution in [0.25, 0.3) is 0 Å². The van der Waals surface area contributed by atoms with Crippen LogP contribution in [0.1, 0.15) is 50.8 Å². The van der Waals surface area contributed by atoms with Gasteiger partial charge in [0.1, 0.15) is 5.82 Å². The van der Waals surface area contributed by atoms with Crippen molar-refractivity contribution in [1.29, 1.82) is 0 Å². The zero-order valence-corrected chi connectivity index (χ0v) is 15.0. The van der Waals surface area contributed by atoms with Gasteiger partial charge < -0.3 is 14.8 Å². The molecular formula is C16H25N5O2S. The van der Waals surface area contributed by atoms with E-state index in [9.17, 15) is 9.59 Å². The molecule has 1 aliphatic carbocycles. The predicted octanol–water partition coefficient (Wildman–Crippen LogP) is 1.40. The van der Waals surface area contributed by atoms with E-state index in [1.54, 1.807) is 0 Å². The van der Waals surface area contributed by atoms with Crippen molar-refractivity contribution in [2.45, 2.75) is 56.6 Å². The monoisotopic (exact) mass is 351 g/mol. The van der Waals surface area contributed by atoms with Crippen molar-refractivity contribution in [3.05, 3.63) is 5.82 Å². The summed E-state index contributed by atoms with van der Waals surface area (Å²) >= 11 is 1.44. The van der Waals surface area contributed by atoms with E-state index in [1.165, 1.54) is 24.6 Å². The van der Waals surface area contributed by atoms with Gasteiger partial charge in [0.05, 0.1) is 5.75 Å². The van der Waals surface area contributed by atoms with Crippen LogP contribution in [0.3, 0.4) is 0 Å². The number of amides is 2. The highest BCUT2D eigenvalue weighted by atomic mass is 32.2. The summed E-state index contributed by atoms with van der Waals surface area (Å²) in [6.07, 6.45) is 4.83. The van der Waals surface area contributed by atoms with E-state index < -0.39 is 0 Å². The Labute approximate surface area is 146 Å². The van der Waals surface area contributed by atoms with Crippen molar-refractivity contribution in [3.8, 4) is 0 Å². The summed E-state index contributed by atoms with van der Waals surface area (Å²) in [5, 5.41) is 12.3. The van der Waals surface area contributed by atoms with Crippen molar-refractivity contribution >= 4 is 23.6 Å². The van der Waals surface area contributed by atoms with Crippen LogP contribution in [0.2, 0.25) is 0 Å². The lowest BCUT2D eigenvalue weighted by Crippen LogP contribution is -2.31. The number of nitrogens with one attached hydrogen (secondary N) is 1. The van der Waals surface area contributed by atoms with E-state index in [1.807, 2.05) is 4.90 Å². The Balaban J connectivity index is 1.36. The summed E-state index contributed by atoms with van der Waals surface area (Å²) in [5.74, 6) is 2.23. The Morgan fingerprint density at radius 1 is 1.38 bits per heavy atom. The molecule has 7 nitrogen and oxygen atoms in total. The second-order valence-electron chi connectivity index (χ2n) is 6.34. The maximum Gasteiger partial charge on any atom is 0.230 e. The molecule has 0 aromatic carbocycles. The van der Waals surface area contributed by atoms with E-state index in [2.05, 4.69) is 27.0 Å². The van der Waals surface area contributed by atoms with Gasteiger partial charge in [-0.2, -0.15) is 0 Å². The first-order chi connectivity index (χ1) is 11.7. The van der Waals surface area contributed by atoms with Crippen LogP contribution in [0.5, 0.6) is 0 Å². The molecule has 2 amide bonds. The van der Waals surface area contributed by atoms with E-state index in [4.69, 9.17) is 0 Å². The third-order valence-electron chi connectivity index (χ3n) is 4.43. The molecule has 1 saturated carbocycles. The van der Waals surface area contributed by atoms with Crippen LogP contribution in [-0.2, 0) is 16.1 Å². The van der Waals surface area contributed by atoms with Crippen molar-refractivity contribution < 1.29 is 9.59 Å². The maximum absolute atomic E-state index is 12.0. The van der Waals surface area contributed by atoms with Crippen LogP contribution >= 0.6 is 11.8 Å². The first kappa shape index (κ1) is 17.3. The Morgan fingerprint density at radius 3 is 2.88 bits per heavy atom. The van der Waals surface area contributed by atoms with Crippen LogP contribution in [-0.4, -0.2) is 56.9 Å². The summed E-state index contributed by atoms with van der Waals surface area (Å²) in [4.78, 5) is 25.3. The molecule has 1 aromatic rings. The fraction of sp³-hybridized carbons (Fsp3) is 0.750. The standard InChI is InChI=1S/C16H25N5O2S/c1-2-21-15(12-6-7-12)18-19-16(21)24-11-13(22)17-8-4-10-20-9-3-5-14(20)23/h12H,2-11H2,1H3,(H,17,22). The lowest BCUT2D eigenvalue weighted by Gasteiger charge is -2.15. The van der Waals surface area contributed by atoms with E-state index in [0.717, 1.165) is 43.5 Å². The average Bonchev–Trinajstić information content (AvgIpc) is 3.22. The first-order valence-electron chi connectivity index (χ1n) is 8.79. The second-order valence-corrected chi connectivity index (χ2v) is 7.28. The Kier molecular flexibility index (Phi) is 5.76. The van der Waals surface area contributed by atoms with Crippen molar-refractivity contribution in [3.63, 3.8) is 0 Å². The molecule has 1 aliphatic heterocycles. The van der Waals surface area contributed by atoms with Crippen LogP contribution < -0.4 is 5.32 Å². The van der Waals surface area contributed by atoms with Gasteiger partial charge in [-0.1, -0.05) is 11.8 Å². The lowest BCUT2D eigenvalue weighted by atomic mass is 10.4. The molecule has 1 aromatic heterocycles. The van der Waals surface area contributed by atoms with E-state index in [0.29, 0.717) is 24.6 Å². The van der Waals surface area contributed by atoms with Crippen LogP contribution in [0, 0.1) is 0 Å². The number of rotatable bonds is 9. The highest BCUT2D eigenvalue weighted by molar-refractivity contribution is 7.99. The molecule has 0 atom stereocenters. The molecule has 2 fully saturated rings. The summed E-state index contributed by atoms with van der Waals surface area (Å²) in [5.41, 5.74) is 0. The third-order valence-corrected chi connectivity index (χ3v) is 5.40. The molecular weight excluding hydrogens is 326 g/mol. The molecule has 8 heteroatoms. The normalized spacial score (nSPS) is 17.5. The van der Waals surface area contributed by atoms with Gasteiger partial charge in [-0.15, -0.1) is 10.2 Å². The molecule has 24 heavy (non-hydrogen) atoms. The number of hydrogen-bond acceptors (Lipinski definition) is 5. The number of likely N-dealkylation sites (tertiary alicyclic amines) is 1. The van der Waals surface area contributed by atoms with Crippen LogP contribution in [0.4, 0.5) is 0 Å². The van der Waals surface area contributed by atoms with Crippen LogP contribution in [0.15, 0.2) is 5.16 Å². The fourth-order valence-corrected chi connectivity index (χ4v) is 3.81. The summed E-state index contributed by atoms with van der Waals surface area (Å²) in [6, 6.07) is 0. The minimum absolute atomic E-state index is 0.00590. The minimum Gasteiger partial charge on any atom is -0.355 e. The second kappa shape index (κ2) is 8.00. The number of hydrogen-bond donors (Lipinski definition) is 1. The van der Waals surface area contributed by atoms with Gasteiger partial charge in [0.25, 0.3) is 0 Å². The number of thioether (sulfide) groups is 1. The van der Waals surface area contributed by atoms with Gasteiger partial charge in [-0.05, 0) is 32.6 Å². The highest BCUT2D eigenvalue weighted by Crippen LogP contribution is 2.39. The summed E-state index contributed by atoms with van der Waals surface area (Å²) in [6.45, 7) is 5.13. The number of carbonyl (C=O) groups is 2. The third kappa shape index (κ3) is 4.28. The van der Waals surface area contributed by atoms with Crippen molar-refractivity contribution in [1.82, 2.24) is 25.0 Å². The van der Waals surface area contributed by atoms with Gasteiger partial charge in [-0.25, -0.2) is 0 Å². The maximum atomic E-state index is 12.0. The Hall–Kier alpha value is -1.57. The molecule has 1 N–H and O–H groups in total. The largest absolute Gasteiger partial charge is 0.355 e. The molecule has 2 aliphatic rings. The molecule has 0 radical (unpaired) electrons. The molecule has 1 saturated heterocycles. The summed E-state index contributed by atoms with van der Waals surface area (Å²) in [7, 11) is 0. The fourth-order valence-electron chi connectivity index (χ4n) is 2.97. The average molecular weight is 351 g/mol. The zero-order valence-electron chi connectivity index (χ0n) is 14.2. The van der Waals surface area contributed by atoms with E-state index >= 15 is 0 Å². The molecule has 0 bridgehead atoms. The van der Waals surface area contributed by atoms with Gasteiger partial charge >= 0.3 is 0 Å². The topological polar surface area (TPSA) is 80.1 Å². The lowest BCUT2D eigenvalue weighted by molar-refractivity contribution is -0.127. The Bertz CT molecular complexity index is 599. The summed E-state index contributed by atoms with van der Waals surface area (Å²) < 4.78 is 2.12.